The van der Waals surface area contributed by atoms with Crippen LogP contribution in [0, 0.1) is 25.2 Å². The third-order valence-electron chi connectivity index (χ3n) is 7.35. The number of aromatic nitrogens is 4. The van der Waals surface area contributed by atoms with Crippen LogP contribution in [0.5, 0.6) is 0 Å². The number of hydrogen-bond acceptors (Lipinski definition) is 4. The molecule has 0 saturated heterocycles. The lowest BCUT2D eigenvalue weighted by molar-refractivity contribution is 0.0697. The van der Waals surface area contributed by atoms with Crippen molar-refractivity contribution in [2.75, 3.05) is 0 Å². The van der Waals surface area contributed by atoms with Crippen molar-refractivity contribution in [2.45, 2.75) is 53.4 Å². The van der Waals surface area contributed by atoms with E-state index in [0.29, 0.717) is 17.0 Å². The quantitative estimate of drug-likeness (QED) is 0.225. The Morgan fingerprint density at radius 3 is 1.56 bits per heavy atom. The number of hydrogen-bond donors (Lipinski definition) is 1. The highest BCUT2D eigenvalue weighted by molar-refractivity contribution is 5.93. The van der Waals surface area contributed by atoms with Gasteiger partial charge in [-0.1, -0.05) is 63.1 Å². The van der Waals surface area contributed by atoms with Crippen molar-refractivity contribution in [3.8, 4) is 17.4 Å². The van der Waals surface area contributed by atoms with Gasteiger partial charge in [0.25, 0.3) is 0 Å². The summed E-state index contributed by atoms with van der Waals surface area (Å²) in [6, 6.07) is 29.6. The largest absolute Gasteiger partial charge is 0.478 e. The summed E-state index contributed by atoms with van der Waals surface area (Å²) in [6.07, 6.45) is 0. The number of benzene rings is 4. The molecule has 4 aromatic carbocycles. The van der Waals surface area contributed by atoms with Crippen molar-refractivity contribution in [2.24, 2.45) is 0 Å². The molecule has 0 atom stereocenters. The molecule has 0 aliphatic rings. The van der Waals surface area contributed by atoms with E-state index in [2.05, 4.69) is 110 Å². The number of carbonyl (C=O) groups is 1. The van der Waals surface area contributed by atoms with Crippen LogP contribution in [0.2, 0.25) is 0 Å². The number of imidazole rings is 2. The maximum Gasteiger partial charge on any atom is 0.335 e. The van der Waals surface area contributed by atoms with Crippen LogP contribution < -0.4 is 0 Å². The van der Waals surface area contributed by atoms with Gasteiger partial charge in [0, 0.05) is 23.2 Å². The maximum atomic E-state index is 11.1. The first-order valence-corrected chi connectivity index (χ1v) is 14.4. The second-order valence-electron chi connectivity index (χ2n) is 11.4. The normalized spacial score (nSPS) is 11.1. The third-order valence-corrected chi connectivity index (χ3v) is 7.35. The van der Waals surface area contributed by atoms with Gasteiger partial charge in [-0.3, -0.25) is 9.13 Å². The molecule has 7 nitrogen and oxygen atoms in total. The molecule has 0 radical (unpaired) electrons. The highest BCUT2D eigenvalue weighted by Crippen LogP contribution is 2.28. The summed E-state index contributed by atoms with van der Waals surface area (Å²) >= 11 is 0. The number of fused-ring (bicyclic) bond motifs is 2. The number of carboxylic acid groups (broad SMARTS) is 1. The first kappa shape index (κ1) is 29.3. The van der Waals surface area contributed by atoms with Gasteiger partial charge in [0.05, 0.1) is 39.3 Å². The molecule has 2 aromatic heterocycles. The monoisotopic (exact) mass is 569 g/mol. The molecule has 0 saturated carbocycles. The molecule has 0 unspecified atom stereocenters. The van der Waals surface area contributed by atoms with Crippen LogP contribution in [-0.4, -0.2) is 30.2 Å². The van der Waals surface area contributed by atoms with E-state index in [1.807, 2.05) is 24.3 Å². The van der Waals surface area contributed by atoms with E-state index in [1.165, 1.54) is 11.1 Å². The molecule has 6 rings (SSSR count). The molecule has 0 bridgehead atoms. The highest BCUT2D eigenvalue weighted by atomic mass is 16.4. The average Bonchev–Trinajstić information content (AvgIpc) is 3.57. The molecule has 7 heteroatoms. The summed E-state index contributed by atoms with van der Waals surface area (Å²) in [5.41, 5.74) is 9.05. The van der Waals surface area contributed by atoms with Crippen molar-refractivity contribution in [3.63, 3.8) is 0 Å². The molecule has 2 heterocycles. The van der Waals surface area contributed by atoms with E-state index < -0.39 is 5.97 Å². The first-order chi connectivity index (χ1) is 20.6. The smallest absolute Gasteiger partial charge is 0.335 e. The Balaban J connectivity index is 0.000000171. The van der Waals surface area contributed by atoms with Crippen molar-refractivity contribution in [1.82, 2.24) is 19.1 Å². The highest BCUT2D eigenvalue weighted by Gasteiger charge is 2.17. The minimum absolute atomic E-state index is 0.238. The van der Waals surface area contributed by atoms with Crippen LogP contribution >= 0.6 is 0 Å². The number of aryl methyl sites for hydroxylation is 2. The minimum Gasteiger partial charge on any atom is -0.478 e. The van der Waals surface area contributed by atoms with E-state index in [9.17, 15) is 4.79 Å². The van der Waals surface area contributed by atoms with Crippen LogP contribution in [0.15, 0.2) is 84.9 Å². The zero-order valence-electron chi connectivity index (χ0n) is 25.3. The van der Waals surface area contributed by atoms with E-state index in [-0.39, 0.29) is 11.5 Å². The standard InChI is InChI=1S/C18H17N3.C18H18N2O2/c1-12(2)18-20-16-10-14(11-19)6-9-17(16)21(18)15-7-4-13(3)5-8-15;1-11(2)17-19-15-10-13(18(21)22)6-9-16(15)20(17)14-7-4-12(3)5-8-14/h4-10,12H,1-3H3;4-11H,1-3H3,(H,21,22). The lowest BCUT2D eigenvalue weighted by Gasteiger charge is -2.11. The first-order valence-electron chi connectivity index (χ1n) is 14.4. The second kappa shape index (κ2) is 11.9. The average molecular weight is 570 g/mol. The van der Waals surface area contributed by atoms with Crippen molar-refractivity contribution < 1.29 is 9.90 Å². The molecule has 43 heavy (non-hydrogen) atoms. The Morgan fingerprint density at radius 2 is 1.14 bits per heavy atom. The predicted molar refractivity (Wildman–Crippen MR) is 171 cm³/mol. The van der Waals surface area contributed by atoms with Gasteiger partial charge in [-0.2, -0.15) is 5.26 Å². The fraction of sp³-hybridized carbons (Fsp3) is 0.222. The molecule has 0 aliphatic carbocycles. The summed E-state index contributed by atoms with van der Waals surface area (Å²) in [4.78, 5) is 20.5. The minimum atomic E-state index is -0.933. The Labute approximate surface area is 251 Å². The van der Waals surface area contributed by atoms with Gasteiger partial charge in [0.1, 0.15) is 11.6 Å². The van der Waals surface area contributed by atoms with E-state index in [0.717, 1.165) is 39.6 Å². The molecule has 216 valence electrons. The molecule has 0 spiro atoms. The van der Waals surface area contributed by atoms with Crippen LogP contribution in [0.1, 0.15) is 78.2 Å². The lowest BCUT2D eigenvalue weighted by Crippen LogP contribution is -2.03. The number of nitriles is 1. The fourth-order valence-electron chi connectivity index (χ4n) is 5.11. The second-order valence-corrected chi connectivity index (χ2v) is 11.4. The van der Waals surface area contributed by atoms with Gasteiger partial charge in [0.2, 0.25) is 0 Å². The maximum absolute atomic E-state index is 11.1. The summed E-state index contributed by atoms with van der Waals surface area (Å²) in [7, 11) is 0. The molecule has 0 amide bonds. The fourth-order valence-corrected chi connectivity index (χ4v) is 5.11. The predicted octanol–water partition coefficient (Wildman–Crippen LogP) is 8.48. The van der Waals surface area contributed by atoms with Crippen molar-refractivity contribution >= 4 is 28.0 Å². The summed E-state index contributed by atoms with van der Waals surface area (Å²) in [6.45, 7) is 12.6. The topological polar surface area (TPSA) is 96.7 Å². The zero-order chi connectivity index (χ0) is 30.8. The number of aromatic carboxylic acids is 1. The summed E-state index contributed by atoms with van der Waals surface area (Å²) in [5, 5.41) is 18.2. The van der Waals surface area contributed by atoms with Gasteiger partial charge in [-0.15, -0.1) is 0 Å². The summed E-state index contributed by atoms with van der Waals surface area (Å²) in [5.74, 6) is 1.56. The Morgan fingerprint density at radius 1 is 0.698 bits per heavy atom. The van der Waals surface area contributed by atoms with Gasteiger partial charge >= 0.3 is 5.97 Å². The molecule has 0 aliphatic heterocycles. The van der Waals surface area contributed by atoms with Crippen molar-refractivity contribution in [3.05, 3.63) is 119 Å². The molecule has 6 aromatic rings. The molecular weight excluding hydrogens is 534 g/mol. The van der Waals surface area contributed by atoms with Crippen LogP contribution in [0.25, 0.3) is 33.4 Å². The SMILES string of the molecule is Cc1ccc(-n2c(C(C)C)nc3cc(C#N)ccc32)cc1.Cc1ccc(-n2c(C(C)C)nc3cc(C(=O)O)ccc32)cc1. The third kappa shape index (κ3) is 5.91. The summed E-state index contributed by atoms with van der Waals surface area (Å²) < 4.78 is 4.28. The van der Waals surface area contributed by atoms with Crippen LogP contribution in [0.3, 0.4) is 0 Å². The number of rotatable bonds is 5. The lowest BCUT2D eigenvalue weighted by atomic mass is 10.1. The van der Waals surface area contributed by atoms with E-state index in [4.69, 9.17) is 15.4 Å². The molecule has 1 N–H and O–H groups in total. The Bertz CT molecular complexity index is 1970. The number of nitrogens with zero attached hydrogens (tertiary/aromatic N) is 5. The van der Waals surface area contributed by atoms with Gasteiger partial charge in [-0.25, -0.2) is 14.8 Å². The van der Waals surface area contributed by atoms with Crippen LogP contribution in [-0.2, 0) is 0 Å². The van der Waals surface area contributed by atoms with Gasteiger partial charge < -0.3 is 5.11 Å². The van der Waals surface area contributed by atoms with Gasteiger partial charge in [-0.05, 0) is 74.5 Å². The van der Waals surface area contributed by atoms with Gasteiger partial charge in [0.15, 0.2) is 0 Å². The van der Waals surface area contributed by atoms with Crippen molar-refractivity contribution in [1.29, 1.82) is 5.26 Å². The molecule has 0 fully saturated rings. The zero-order valence-corrected chi connectivity index (χ0v) is 25.3. The molecular formula is C36H35N5O2. The van der Waals surface area contributed by atoms with Crippen LogP contribution in [0.4, 0.5) is 0 Å². The Hall–Kier alpha value is -5.22. The number of carboxylic acids is 1. The van der Waals surface area contributed by atoms with E-state index in [1.54, 1.807) is 12.1 Å². The van der Waals surface area contributed by atoms with E-state index >= 15 is 0 Å². The Kier molecular flexibility index (Phi) is 8.13.